The van der Waals surface area contributed by atoms with E-state index in [2.05, 4.69) is 51.6 Å². The standard InChI is InChI=1S/C34H35ClN6O2/c1-4-26-22(18-37-29-15-17-43-19-31(29)42)13-14-28(40-26)25-10-5-9-24(32(25)35)23-8-6-11-27(20(23)2)41-34-33-30(12-7-16-36-33)38-21(3)39-34/h5-14,16,29,31,37,42H,4,15,17-19H2,1-3H3,(H,38,39,41)/t29-,31+/m1/s1. The number of pyridine rings is 2. The molecule has 0 radical (unpaired) electrons. The van der Waals surface area contributed by atoms with E-state index >= 15 is 0 Å². The molecule has 9 heteroatoms. The van der Waals surface area contributed by atoms with Gasteiger partial charge in [-0.15, -0.1) is 0 Å². The zero-order valence-corrected chi connectivity index (χ0v) is 25.3. The average molecular weight is 595 g/mol. The molecule has 1 fully saturated rings. The molecular formula is C34H35ClN6O2. The van der Waals surface area contributed by atoms with E-state index < -0.39 is 6.10 Å². The van der Waals surface area contributed by atoms with Crippen molar-refractivity contribution >= 4 is 34.1 Å². The number of nitrogens with one attached hydrogen (secondary N) is 2. The van der Waals surface area contributed by atoms with E-state index in [9.17, 15) is 5.11 Å². The lowest BCUT2D eigenvalue weighted by Crippen LogP contribution is -2.46. The van der Waals surface area contributed by atoms with Crippen LogP contribution in [0, 0.1) is 13.8 Å². The molecule has 0 amide bonds. The van der Waals surface area contributed by atoms with Crippen molar-refractivity contribution in [1.29, 1.82) is 0 Å². The number of benzene rings is 2. The number of hydrogen-bond acceptors (Lipinski definition) is 8. The number of hydrogen-bond donors (Lipinski definition) is 3. The highest BCUT2D eigenvalue weighted by molar-refractivity contribution is 6.36. The third kappa shape index (κ3) is 6.10. The lowest BCUT2D eigenvalue weighted by atomic mass is 9.96. The van der Waals surface area contributed by atoms with Crippen LogP contribution in [0.3, 0.4) is 0 Å². The second kappa shape index (κ2) is 12.7. The van der Waals surface area contributed by atoms with E-state index in [0.29, 0.717) is 36.4 Å². The number of ether oxygens (including phenoxy) is 1. The van der Waals surface area contributed by atoms with E-state index in [4.69, 9.17) is 21.3 Å². The van der Waals surface area contributed by atoms with Crippen LogP contribution < -0.4 is 10.6 Å². The minimum atomic E-state index is -0.495. The second-order valence-corrected chi connectivity index (χ2v) is 11.2. The summed E-state index contributed by atoms with van der Waals surface area (Å²) in [5, 5.41) is 17.9. The molecule has 0 saturated carbocycles. The Balaban J connectivity index is 1.29. The summed E-state index contributed by atoms with van der Waals surface area (Å²) in [6, 6.07) is 20.2. The fourth-order valence-electron chi connectivity index (χ4n) is 5.65. The minimum absolute atomic E-state index is 0.0195. The van der Waals surface area contributed by atoms with Crippen molar-refractivity contribution in [2.24, 2.45) is 0 Å². The van der Waals surface area contributed by atoms with Gasteiger partial charge >= 0.3 is 0 Å². The highest BCUT2D eigenvalue weighted by atomic mass is 35.5. The van der Waals surface area contributed by atoms with Crippen LogP contribution >= 0.6 is 11.6 Å². The van der Waals surface area contributed by atoms with Crippen molar-refractivity contribution in [3.63, 3.8) is 0 Å². The SMILES string of the molecule is CCc1nc(-c2cccc(-c3cccc(Nc4nc(C)nc5cccnc45)c3C)c2Cl)ccc1CN[C@@H]1CCOC[C@@H]1O. The monoisotopic (exact) mass is 594 g/mol. The minimum Gasteiger partial charge on any atom is -0.389 e. The molecule has 6 rings (SSSR count). The van der Waals surface area contributed by atoms with Gasteiger partial charge in [0.25, 0.3) is 0 Å². The summed E-state index contributed by atoms with van der Waals surface area (Å²) >= 11 is 7.13. The summed E-state index contributed by atoms with van der Waals surface area (Å²) in [7, 11) is 0. The summed E-state index contributed by atoms with van der Waals surface area (Å²) in [6.45, 7) is 7.74. The Morgan fingerprint density at radius 1 is 0.953 bits per heavy atom. The maximum Gasteiger partial charge on any atom is 0.160 e. The summed E-state index contributed by atoms with van der Waals surface area (Å²) < 4.78 is 5.36. The van der Waals surface area contributed by atoms with Gasteiger partial charge in [0.05, 0.1) is 28.9 Å². The molecule has 0 bridgehead atoms. The molecule has 2 aromatic carbocycles. The van der Waals surface area contributed by atoms with Crippen LogP contribution in [0.2, 0.25) is 5.02 Å². The third-order valence-electron chi connectivity index (χ3n) is 8.00. The lowest BCUT2D eigenvalue weighted by molar-refractivity contribution is -0.0280. The second-order valence-electron chi connectivity index (χ2n) is 10.8. The number of aliphatic hydroxyl groups excluding tert-OH is 1. The number of aryl methyl sites for hydroxylation is 2. The molecule has 1 aliphatic rings. The van der Waals surface area contributed by atoms with Crippen molar-refractivity contribution < 1.29 is 9.84 Å². The zero-order chi connectivity index (χ0) is 29.9. The Bertz CT molecular complexity index is 1780. The molecule has 5 aromatic rings. The van der Waals surface area contributed by atoms with E-state index in [1.165, 1.54) is 0 Å². The molecule has 0 unspecified atom stereocenters. The van der Waals surface area contributed by atoms with Gasteiger partial charge in [0.2, 0.25) is 0 Å². The number of fused-ring (bicyclic) bond motifs is 1. The van der Waals surface area contributed by atoms with Crippen LogP contribution in [0.5, 0.6) is 0 Å². The summed E-state index contributed by atoms with van der Waals surface area (Å²) in [5.74, 6) is 1.34. The van der Waals surface area contributed by atoms with Crippen molar-refractivity contribution in [2.75, 3.05) is 18.5 Å². The average Bonchev–Trinajstić information content (AvgIpc) is 3.02. The normalized spacial score (nSPS) is 16.9. The topological polar surface area (TPSA) is 105 Å². The number of aromatic nitrogens is 4. The molecule has 1 aliphatic heterocycles. The summed E-state index contributed by atoms with van der Waals surface area (Å²) in [4.78, 5) is 18.7. The quantitative estimate of drug-likeness (QED) is 0.185. The summed E-state index contributed by atoms with van der Waals surface area (Å²) in [5.41, 5.74) is 9.27. The Kier molecular flexibility index (Phi) is 8.63. The van der Waals surface area contributed by atoms with E-state index in [0.717, 1.165) is 68.8 Å². The van der Waals surface area contributed by atoms with Crippen LogP contribution in [0.25, 0.3) is 33.4 Å². The molecule has 1 saturated heterocycles. The van der Waals surface area contributed by atoms with E-state index in [-0.39, 0.29) is 6.04 Å². The lowest BCUT2D eigenvalue weighted by Gasteiger charge is -2.28. The first-order valence-electron chi connectivity index (χ1n) is 14.7. The van der Waals surface area contributed by atoms with Gasteiger partial charge in [-0.1, -0.05) is 54.9 Å². The largest absolute Gasteiger partial charge is 0.389 e. The fraction of sp³-hybridized carbons (Fsp3) is 0.294. The first-order chi connectivity index (χ1) is 20.9. The number of anilines is 2. The Morgan fingerprint density at radius 3 is 2.60 bits per heavy atom. The van der Waals surface area contributed by atoms with Gasteiger partial charge in [-0.05, 0) is 67.6 Å². The van der Waals surface area contributed by atoms with E-state index in [1.807, 2.05) is 55.5 Å². The fourth-order valence-corrected chi connectivity index (χ4v) is 5.97. The Morgan fingerprint density at radius 2 is 1.77 bits per heavy atom. The number of nitrogens with zero attached hydrogens (tertiary/aromatic N) is 4. The molecule has 220 valence electrons. The first kappa shape index (κ1) is 29.1. The predicted molar refractivity (Wildman–Crippen MR) is 172 cm³/mol. The molecule has 4 heterocycles. The van der Waals surface area contributed by atoms with Gasteiger partial charge in [0.15, 0.2) is 5.82 Å². The van der Waals surface area contributed by atoms with Crippen LogP contribution in [-0.2, 0) is 17.7 Å². The zero-order valence-electron chi connectivity index (χ0n) is 24.6. The molecule has 8 nitrogen and oxygen atoms in total. The van der Waals surface area contributed by atoms with Gasteiger partial charge in [-0.2, -0.15) is 0 Å². The van der Waals surface area contributed by atoms with Gasteiger partial charge in [0, 0.05) is 47.9 Å². The predicted octanol–water partition coefficient (Wildman–Crippen LogP) is 6.57. The molecule has 0 aliphatic carbocycles. The summed E-state index contributed by atoms with van der Waals surface area (Å²) in [6.07, 6.45) is 2.83. The maximum absolute atomic E-state index is 10.3. The van der Waals surface area contributed by atoms with Crippen LogP contribution in [0.15, 0.2) is 66.9 Å². The van der Waals surface area contributed by atoms with Crippen LogP contribution in [-0.4, -0.2) is 50.4 Å². The van der Waals surface area contributed by atoms with Gasteiger partial charge in [-0.25, -0.2) is 9.97 Å². The molecule has 43 heavy (non-hydrogen) atoms. The maximum atomic E-state index is 10.3. The first-order valence-corrected chi connectivity index (χ1v) is 15.0. The number of aliphatic hydroxyl groups is 1. The number of halogens is 1. The highest BCUT2D eigenvalue weighted by Crippen LogP contribution is 2.39. The molecule has 3 aromatic heterocycles. The van der Waals surface area contributed by atoms with E-state index in [1.54, 1.807) is 6.20 Å². The van der Waals surface area contributed by atoms with Crippen molar-refractivity contribution in [3.05, 3.63) is 94.5 Å². The smallest absolute Gasteiger partial charge is 0.160 e. The van der Waals surface area contributed by atoms with Crippen LogP contribution in [0.1, 0.15) is 36.0 Å². The number of rotatable bonds is 8. The van der Waals surface area contributed by atoms with Crippen molar-refractivity contribution in [3.8, 4) is 22.4 Å². The van der Waals surface area contributed by atoms with Crippen molar-refractivity contribution in [1.82, 2.24) is 25.3 Å². The molecule has 2 atom stereocenters. The van der Waals surface area contributed by atoms with Gasteiger partial charge in [-0.3, -0.25) is 9.97 Å². The Hall–Kier alpha value is -3.95. The molecular weight excluding hydrogens is 560 g/mol. The highest BCUT2D eigenvalue weighted by Gasteiger charge is 2.23. The van der Waals surface area contributed by atoms with Gasteiger partial charge < -0.3 is 20.5 Å². The molecule has 3 N–H and O–H groups in total. The third-order valence-corrected chi connectivity index (χ3v) is 8.41. The van der Waals surface area contributed by atoms with Crippen LogP contribution in [0.4, 0.5) is 11.5 Å². The van der Waals surface area contributed by atoms with Gasteiger partial charge in [0.1, 0.15) is 11.3 Å². The Labute approximate surface area is 256 Å². The van der Waals surface area contributed by atoms with Crippen molar-refractivity contribution in [2.45, 2.75) is 52.3 Å². The molecule has 0 spiro atoms.